The molecule has 0 unspecified atom stereocenters. The van der Waals surface area contributed by atoms with Gasteiger partial charge in [0.15, 0.2) is 0 Å². The van der Waals surface area contributed by atoms with Crippen molar-refractivity contribution in [2.75, 3.05) is 30.8 Å². The number of sulfonamides is 1. The van der Waals surface area contributed by atoms with E-state index in [4.69, 9.17) is 4.74 Å². The number of ether oxygens (including phenoxy) is 1. The number of nitrogens with zero attached hydrogens (tertiary/aromatic N) is 2. The fourth-order valence-corrected chi connectivity index (χ4v) is 4.52. The molecule has 0 aliphatic rings. The van der Waals surface area contributed by atoms with Crippen molar-refractivity contribution < 1.29 is 22.7 Å². The van der Waals surface area contributed by atoms with Crippen LogP contribution >= 0.6 is 0 Å². The van der Waals surface area contributed by atoms with Crippen LogP contribution in [-0.4, -0.2) is 57.6 Å². The molecular formula is C24H33N3O5S. The van der Waals surface area contributed by atoms with Gasteiger partial charge in [-0.25, -0.2) is 8.42 Å². The number of rotatable bonds is 11. The van der Waals surface area contributed by atoms with Crippen molar-refractivity contribution >= 4 is 27.5 Å². The van der Waals surface area contributed by atoms with Gasteiger partial charge in [0.2, 0.25) is 21.8 Å². The van der Waals surface area contributed by atoms with Crippen molar-refractivity contribution in [3.05, 3.63) is 59.7 Å². The number of amides is 2. The van der Waals surface area contributed by atoms with Crippen molar-refractivity contribution in [1.29, 1.82) is 0 Å². The molecule has 0 aromatic heterocycles. The van der Waals surface area contributed by atoms with Gasteiger partial charge in [0.05, 0.1) is 19.1 Å². The Labute approximate surface area is 196 Å². The summed E-state index contributed by atoms with van der Waals surface area (Å²) in [4.78, 5) is 27.8. The molecule has 9 heteroatoms. The lowest BCUT2D eigenvalue weighted by Gasteiger charge is -2.33. The predicted molar refractivity (Wildman–Crippen MR) is 130 cm³/mol. The third-order valence-electron chi connectivity index (χ3n) is 5.29. The van der Waals surface area contributed by atoms with E-state index < -0.39 is 28.5 Å². The molecule has 2 rings (SSSR count). The summed E-state index contributed by atoms with van der Waals surface area (Å²) in [5, 5.41) is 2.78. The summed E-state index contributed by atoms with van der Waals surface area (Å²) >= 11 is 0. The molecule has 2 amide bonds. The maximum absolute atomic E-state index is 13.6. The van der Waals surface area contributed by atoms with Crippen LogP contribution in [0.25, 0.3) is 0 Å². The smallest absolute Gasteiger partial charge is 0.244 e. The summed E-state index contributed by atoms with van der Waals surface area (Å²) in [6.07, 6.45) is 1.45. The zero-order valence-corrected chi connectivity index (χ0v) is 20.7. The minimum absolute atomic E-state index is 0.136. The van der Waals surface area contributed by atoms with E-state index in [0.29, 0.717) is 24.4 Å². The van der Waals surface area contributed by atoms with Crippen LogP contribution in [0.3, 0.4) is 0 Å². The van der Waals surface area contributed by atoms with Gasteiger partial charge in [-0.3, -0.25) is 13.9 Å². The molecule has 33 heavy (non-hydrogen) atoms. The van der Waals surface area contributed by atoms with Crippen molar-refractivity contribution in [2.24, 2.45) is 0 Å². The molecule has 0 fully saturated rings. The Morgan fingerprint density at radius 1 is 1.09 bits per heavy atom. The van der Waals surface area contributed by atoms with Crippen LogP contribution in [0.2, 0.25) is 0 Å². The summed E-state index contributed by atoms with van der Waals surface area (Å²) in [7, 11) is -2.20. The van der Waals surface area contributed by atoms with Crippen LogP contribution in [0.4, 0.5) is 5.69 Å². The molecule has 0 heterocycles. The minimum atomic E-state index is -3.75. The number of carbonyl (C=O) groups excluding carboxylic acids is 2. The summed E-state index contributed by atoms with van der Waals surface area (Å²) in [6, 6.07) is 13.5. The number of anilines is 1. The quantitative estimate of drug-likeness (QED) is 0.539. The Kier molecular flexibility index (Phi) is 9.28. The second-order valence-corrected chi connectivity index (χ2v) is 9.65. The predicted octanol–water partition coefficient (Wildman–Crippen LogP) is 2.71. The SMILES string of the molecule is CCNC(=O)[C@@H](CC)N(Cc1cccc(OC)c1)C(=O)CN(c1ccccc1C)S(C)(=O)=O. The Bertz CT molecular complexity index is 1070. The molecule has 0 saturated carbocycles. The van der Waals surface area contributed by atoms with Crippen LogP contribution < -0.4 is 14.4 Å². The first-order valence-electron chi connectivity index (χ1n) is 10.9. The monoisotopic (exact) mass is 475 g/mol. The van der Waals surface area contributed by atoms with E-state index in [0.717, 1.165) is 21.7 Å². The summed E-state index contributed by atoms with van der Waals surface area (Å²) in [5.74, 6) is -0.119. The number of para-hydroxylation sites is 1. The lowest BCUT2D eigenvalue weighted by Crippen LogP contribution is -2.52. The van der Waals surface area contributed by atoms with E-state index in [9.17, 15) is 18.0 Å². The van der Waals surface area contributed by atoms with Crippen LogP contribution in [0.1, 0.15) is 31.4 Å². The number of hydrogen-bond acceptors (Lipinski definition) is 5. The van der Waals surface area contributed by atoms with Gasteiger partial charge >= 0.3 is 0 Å². The number of benzene rings is 2. The maximum atomic E-state index is 13.6. The topological polar surface area (TPSA) is 96.0 Å². The highest BCUT2D eigenvalue weighted by atomic mass is 32.2. The number of methoxy groups -OCH3 is 1. The Balaban J connectivity index is 2.46. The molecule has 2 aromatic rings. The molecule has 0 aliphatic heterocycles. The van der Waals surface area contributed by atoms with E-state index in [1.807, 2.05) is 19.9 Å². The van der Waals surface area contributed by atoms with Crippen molar-refractivity contribution in [3.8, 4) is 5.75 Å². The third kappa shape index (κ3) is 6.95. The zero-order chi connectivity index (χ0) is 24.6. The molecule has 0 spiro atoms. The lowest BCUT2D eigenvalue weighted by atomic mass is 10.1. The van der Waals surface area contributed by atoms with Gasteiger partial charge in [-0.1, -0.05) is 37.3 Å². The molecule has 2 aromatic carbocycles. The van der Waals surface area contributed by atoms with Crippen molar-refractivity contribution in [2.45, 2.75) is 39.8 Å². The normalized spacial score (nSPS) is 12.0. The first kappa shape index (κ1) is 26.2. The van der Waals surface area contributed by atoms with Gasteiger partial charge in [0.25, 0.3) is 0 Å². The summed E-state index contributed by atoms with van der Waals surface area (Å²) < 4.78 is 31.6. The second-order valence-electron chi connectivity index (χ2n) is 7.75. The molecule has 1 atom stereocenters. The number of likely N-dealkylation sites (N-methyl/N-ethyl adjacent to an activating group) is 1. The van der Waals surface area contributed by atoms with Gasteiger partial charge in [0, 0.05) is 13.1 Å². The van der Waals surface area contributed by atoms with Gasteiger partial charge < -0.3 is 15.0 Å². The Morgan fingerprint density at radius 3 is 2.36 bits per heavy atom. The fourth-order valence-electron chi connectivity index (χ4n) is 3.62. The third-order valence-corrected chi connectivity index (χ3v) is 6.41. The number of aryl methyl sites for hydroxylation is 1. The van der Waals surface area contributed by atoms with Gasteiger partial charge in [-0.05, 0) is 49.6 Å². The second kappa shape index (κ2) is 11.7. The first-order chi connectivity index (χ1) is 15.6. The lowest BCUT2D eigenvalue weighted by molar-refractivity contribution is -0.140. The standard InChI is InChI=1S/C24H33N3O5S/c1-6-21(24(29)25-7-2)26(16-19-12-10-13-20(15-19)32-4)23(28)17-27(33(5,30)31)22-14-9-8-11-18(22)3/h8-15,21H,6-7,16-17H2,1-5H3,(H,25,29)/t21-/m1/s1. The molecule has 0 aliphatic carbocycles. The van der Waals surface area contributed by atoms with E-state index in [1.165, 1.54) is 4.90 Å². The largest absolute Gasteiger partial charge is 0.497 e. The number of nitrogens with one attached hydrogen (secondary N) is 1. The average molecular weight is 476 g/mol. The fraction of sp³-hybridized carbons (Fsp3) is 0.417. The molecule has 0 bridgehead atoms. The summed E-state index contributed by atoms with van der Waals surface area (Å²) in [6.45, 7) is 5.56. The molecule has 1 N–H and O–H groups in total. The van der Waals surface area contributed by atoms with Gasteiger partial charge in [0.1, 0.15) is 18.3 Å². The molecule has 180 valence electrons. The van der Waals surface area contributed by atoms with Crippen molar-refractivity contribution in [3.63, 3.8) is 0 Å². The summed E-state index contributed by atoms with van der Waals surface area (Å²) in [5.41, 5.74) is 1.93. The Morgan fingerprint density at radius 2 is 1.79 bits per heavy atom. The highest BCUT2D eigenvalue weighted by Crippen LogP contribution is 2.23. The zero-order valence-electron chi connectivity index (χ0n) is 19.9. The molecule has 0 radical (unpaired) electrons. The molecular weight excluding hydrogens is 442 g/mol. The molecule has 0 saturated heterocycles. The van der Waals surface area contributed by atoms with Crippen LogP contribution in [0, 0.1) is 6.92 Å². The highest BCUT2D eigenvalue weighted by molar-refractivity contribution is 7.92. The van der Waals surface area contributed by atoms with Gasteiger partial charge in [-0.15, -0.1) is 0 Å². The highest BCUT2D eigenvalue weighted by Gasteiger charge is 2.31. The van der Waals surface area contributed by atoms with Crippen LogP contribution in [-0.2, 0) is 26.2 Å². The van der Waals surface area contributed by atoms with Crippen LogP contribution in [0.15, 0.2) is 48.5 Å². The maximum Gasteiger partial charge on any atom is 0.244 e. The van der Waals surface area contributed by atoms with E-state index in [2.05, 4.69) is 5.32 Å². The van der Waals surface area contributed by atoms with E-state index in [-0.39, 0.29) is 12.5 Å². The van der Waals surface area contributed by atoms with Crippen molar-refractivity contribution in [1.82, 2.24) is 10.2 Å². The van der Waals surface area contributed by atoms with E-state index in [1.54, 1.807) is 56.5 Å². The first-order valence-corrected chi connectivity index (χ1v) is 12.7. The number of carbonyl (C=O) groups is 2. The van der Waals surface area contributed by atoms with Crippen LogP contribution in [0.5, 0.6) is 5.75 Å². The van der Waals surface area contributed by atoms with E-state index >= 15 is 0 Å². The average Bonchev–Trinajstić information content (AvgIpc) is 2.77. The van der Waals surface area contributed by atoms with Gasteiger partial charge in [-0.2, -0.15) is 0 Å². The Hall–Kier alpha value is -3.07. The molecule has 8 nitrogen and oxygen atoms in total. The minimum Gasteiger partial charge on any atom is -0.497 e. The number of hydrogen-bond donors (Lipinski definition) is 1.